The first-order valence-corrected chi connectivity index (χ1v) is 9.61. The van der Waals surface area contributed by atoms with Crippen LogP contribution in [0.4, 0.5) is 0 Å². The van der Waals surface area contributed by atoms with Crippen LogP contribution in [-0.2, 0) is 9.59 Å². The van der Waals surface area contributed by atoms with E-state index in [1.165, 1.54) is 0 Å². The van der Waals surface area contributed by atoms with E-state index in [1.54, 1.807) is 0 Å². The van der Waals surface area contributed by atoms with Crippen molar-refractivity contribution >= 4 is 22.6 Å². The summed E-state index contributed by atoms with van der Waals surface area (Å²) in [5, 5.41) is 5.20. The van der Waals surface area contributed by atoms with E-state index < -0.39 is 0 Å². The van der Waals surface area contributed by atoms with E-state index >= 15 is 0 Å². The first-order chi connectivity index (χ1) is 13.2. The number of likely N-dealkylation sites (tertiary alicyclic amines) is 1. The third-order valence-corrected chi connectivity index (χ3v) is 5.42. The zero-order valence-electron chi connectivity index (χ0n) is 15.4. The predicted molar refractivity (Wildman–Crippen MR) is 104 cm³/mol. The lowest BCUT2D eigenvalue weighted by molar-refractivity contribution is -0.141. The molecule has 0 aromatic heterocycles. The lowest BCUT2D eigenvalue weighted by Gasteiger charge is -2.41. The van der Waals surface area contributed by atoms with Crippen LogP contribution in [-0.4, -0.2) is 67.0 Å². The molecule has 0 radical (unpaired) electrons. The standard InChI is InChI=1S/C21H25N3O3/c25-20-13-22-10-12-24(20)17-7-4-11-23(14-17)21(26)15-27-19-9-3-6-16-5-1-2-8-18(16)19/h1-3,5-6,8-9,17,22H,4,7,10-15H2. The van der Waals surface area contributed by atoms with E-state index in [4.69, 9.17) is 4.74 Å². The Labute approximate surface area is 159 Å². The number of nitrogens with one attached hydrogen (secondary N) is 1. The molecule has 2 aromatic carbocycles. The number of hydrogen-bond acceptors (Lipinski definition) is 4. The van der Waals surface area contributed by atoms with Crippen molar-refractivity contribution in [3.8, 4) is 5.75 Å². The minimum absolute atomic E-state index is 0.0183. The molecule has 0 saturated carbocycles. The first kappa shape index (κ1) is 17.8. The van der Waals surface area contributed by atoms with E-state index in [1.807, 2.05) is 52.3 Å². The fraction of sp³-hybridized carbons (Fsp3) is 0.429. The van der Waals surface area contributed by atoms with Gasteiger partial charge in [-0.05, 0) is 24.3 Å². The Bertz CT molecular complexity index is 833. The molecule has 2 saturated heterocycles. The molecule has 2 aliphatic heterocycles. The van der Waals surface area contributed by atoms with Crippen LogP contribution in [0, 0.1) is 0 Å². The van der Waals surface area contributed by atoms with E-state index in [0.29, 0.717) is 13.1 Å². The third kappa shape index (κ3) is 3.90. The largest absolute Gasteiger partial charge is 0.483 e. The lowest BCUT2D eigenvalue weighted by Crippen LogP contribution is -2.57. The second kappa shape index (κ2) is 7.96. The Morgan fingerprint density at radius 1 is 1.15 bits per heavy atom. The van der Waals surface area contributed by atoms with Crippen LogP contribution >= 0.6 is 0 Å². The molecule has 6 nitrogen and oxygen atoms in total. The summed E-state index contributed by atoms with van der Waals surface area (Å²) in [6, 6.07) is 14.0. The molecule has 1 N–H and O–H groups in total. The highest BCUT2D eigenvalue weighted by Crippen LogP contribution is 2.25. The van der Waals surface area contributed by atoms with Crippen molar-refractivity contribution in [1.82, 2.24) is 15.1 Å². The molecule has 142 valence electrons. The van der Waals surface area contributed by atoms with Gasteiger partial charge in [0.2, 0.25) is 5.91 Å². The van der Waals surface area contributed by atoms with Crippen molar-refractivity contribution in [2.75, 3.05) is 39.3 Å². The number of rotatable bonds is 4. The molecule has 2 amide bonds. The average molecular weight is 367 g/mol. The van der Waals surface area contributed by atoms with Gasteiger partial charge in [0.1, 0.15) is 5.75 Å². The molecule has 0 bridgehead atoms. The van der Waals surface area contributed by atoms with Crippen LogP contribution in [0.3, 0.4) is 0 Å². The summed E-state index contributed by atoms with van der Waals surface area (Å²) in [6.45, 7) is 3.29. The van der Waals surface area contributed by atoms with Gasteiger partial charge in [0.25, 0.3) is 5.91 Å². The van der Waals surface area contributed by atoms with Crippen molar-refractivity contribution in [1.29, 1.82) is 0 Å². The summed E-state index contributed by atoms with van der Waals surface area (Å²) >= 11 is 0. The molecule has 2 aromatic rings. The van der Waals surface area contributed by atoms with Gasteiger partial charge in [-0.25, -0.2) is 0 Å². The summed E-state index contributed by atoms with van der Waals surface area (Å²) in [5.41, 5.74) is 0. The van der Waals surface area contributed by atoms with Gasteiger partial charge in [-0.1, -0.05) is 36.4 Å². The van der Waals surface area contributed by atoms with Crippen LogP contribution in [0.15, 0.2) is 42.5 Å². The van der Waals surface area contributed by atoms with Crippen molar-refractivity contribution in [2.24, 2.45) is 0 Å². The molecule has 2 heterocycles. The summed E-state index contributed by atoms with van der Waals surface area (Å²) < 4.78 is 5.85. The van der Waals surface area contributed by atoms with Gasteiger partial charge in [0, 0.05) is 37.6 Å². The topological polar surface area (TPSA) is 61.9 Å². The molecule has 1 atom stereocenters. The Morgan fingerprint density at radius 2 is 2.00 bits per heavy atom. The Kier molecular flexibility index (Phi) is 5.25. The van der Waals surface area contributed by atoms with Crippen LogP contribution in [0.1, 0.15) is 12.8 Å². The number of ether oxygens (including phenoxy) is 1. The number of amides is 2. The number of carbonyl (C=O) groups is 2. The molecule has 0 aliphatic carbocycles. The molecule has 4 rings (SSSR count). The number of benzene rings is 2. The number of fused-ring (bicyclic) bond motifs is 1. The summed E-state index contributed by atoms with van der Waals surface area (Å²) in [7, 11) is 0. The SMILES string of the molecule is O=C(COc1cccc2ccccc12)N1CCCC(N2CCNCC2=O)C1. The molecule has 6 heteroatoms. The Balaban J connectivity index is 1.38. The van der Waals surface area contributed by atoms with Crippen LogP contribution < -0.4 is 10.1 Å². The van der Waals surface area contributed by atoms with Gasteiger partial charge in [0.05, 0.1) is 6.54 Å². The minimum atomic E-state index is -0.0183. The average Bonchev–Trinajstić information content (AvgIpc) is 2.72. The third-order valence-electron chi connectivity index (χ3n) is 5.42. The Morgan fingerprint density at radius 3 is 2.89 bits per heavy atom. The molecule has 2 fully saturated rings. The van der Waals surface area contributed by atoms with Crippen molar-refractivity contribution in [3.05, 3.63) is 42.5 Å². The minimum Gasteiger partial charge on any atom is -0.483 e. The van der Waals surface area contributed by atoms with E-state index in [0.717, 1.165) is 49.0 Å². The van der Waals surface area contributed by atoms with E-state index in [-0.39, 0.29) is 24.5 Å². The Hall–Kier alpha value is -2.60. The maximum absolute atomic E-state index is 12.7. The normalized spacial score (nSPS) is 20.7. The molecule has 0 spiro atoms. The van der Waals surface area contributed by atoms with Gasteiger partial charge < -0.3 is 19.9 Å². The monoisotopic (exact) mass is 367 g/mol. The zero-order chi connectivity index (χ0) is 18.6. The molecule has 2 aliphatic rings. The summed E-state index contributed by atoms with van der Waals surface area (Å²) in [4.78, 5) is 28.6. The maximum atomic E-state index is 12.7. The summed E-state index contributed by atoms with van der Waals surface area (Å²) in [5.74, 6) is 0.843. The van der Waals surface area contributed by atoms with Crippen LogP contribution in [0.25, 0.3) is 10.8 Å². The lowest BCUT2D eigenvalue weighted by atomic mass is 10.0. The van der Waals surface area contributed by atoms with Gasteiger partial charge in [0.15, 0.2) is 6.61 Å². The van der Waals surface area contributed by atoms with E-state index in [2.05, 4.69) is 5.32 Å². The number of hydrogen-bond donors (Lipinski definition) is 1. The number of carbonyl (C=O) groups excluding carboxylic acids is 2. The highest BCUT2D eigenvalue weighted by Gasteiger charge is 2.31. The number of nitrogens with zero attached hydrogens (tertiary/aromatic N) is 2. The summed E-state index contributed by atoms with van der Waals surface area (Å²) in [6.07, 6.45) is 1.88. The van der Waals surface area contributed by atoms with Crippen molar-refractivity contribution in [3.63, 3.8) is 0 Å². The van der Waals surface area contributed by atoms with Gasteiger partial charge in [-0.2, -0.15) is 0 Å². The van der Waals surface area contributed by atoms with E-state index in [9.17, 15) is 9.59 Å². The first-order valence-electron chi connectivity index (χ1n) is 9.61. The highest BCUT2D eigenvalue weighted by molar-refractivity contribution is 5.88. The second-order valence-electron chi connectivity index (χ2n) is 7.17. The molecule has 1 unspecified atom stereocenters. The molecule has 27 heavy (non-hydrogen) atoms. The molecular weight excluding hydrogens is 342 g/mol. The predicted octanol–water partition coefficient (Wildman–Crippen LogP) is 1.64. The second-order valence-corrected chi connectivity index (χ2v) is 7.17. The fourth-order valence-electron chi connectivity index (χ4n) is 4.00. The maximum Gasteiger partial charge on any atom is 0.260 e. The van der Waals surface area contributed by atoms with Crippen LogP contribution in [0.2, 0.25) is 0 Å². The highest BCUT2D eigenvalue weighted by atomic mass is 16.5. The van der Waals surface area contributed by atoms with Gasteiger partial charge in [-0.3, -0.25) is 9.59 Å². The smallest absolute Gasteiger partial charge is 0.260 e. The zero-order valence-corrected chi connectivity index (χ0v) is 15.4. The van der Waals surface area contributed by atoms with Gasteiger partial charge in [-0.15, -0.1) is 0 Å². The number of piperazine rings is 1. The van der Waals surface area contributed by atoms with Crippen LogP contribution in [0.5, 0.6) is 5.75 Å². The van der Waals surface area contributed by atoms with Crippen molar-refractivity contribution < 1.29 is 14.3 Å². The quantitative estimate of drug-likeness (QED) is 0.893. The van der Waals surface area contributed by atoms with Crippen molar-refractivity contribution in [2.45, 2.75) is 18.9 Å². The number of piperidine rings is 1. The molecular formula is C21H25N3O3. The van der Waals surface area contributed by atoms with Gasteiger partial charge >= 0.3 is 0 Å². The fourth-order valence-corrected chi connectivity index (χ4v) is 4.00.